The second-order valence-corrected chi connectivity index (χ2v) is 9.69. The van der Waals surface area contributed by atoms with Gasteiger partial charge >= 0.3 is 0 Å². The molecule has 0 aliphatic carbocycles. The van der Waals surface area contributed by atoms with E-state index in [0.29, 0.717) is 25.4 Å². The predicted molar refractivity (Wildman–Crippen MR) is 112 cm³/mol. The van der Waals surface area contributed by atoms with Crippen LogP contribution in [0.5, 0.6) is 0 Å². The van der Waals surface area contributed by atoms with Crippen molar-refractivity contribution in [2.75, 3.05) is 57.8 Å². The Hall–Kier alpha value is -1.79. The lowest BCUT2D eigenvalue weighted by atomic mass is 10.2. The van der Waals surface area contributed by atoms with Gasteiger partial charge in [-0.1, -0.05) is 0 Å². The SMILES string of the molecule is CC1CN(CCCNc2ccc(S(=O)(=O)N3CCOCC3)cc2[N+](=O)[O-])CC(C)O1. The molecule has 0 aromatic heterocycles. The molecule has 11 heteroatoms. The van der Waals surface area contributed by atoms with Gasteiger partial charge in [0.25, 0.3) is 5.69 Å². The molecule has 2 fully saturated rings. The zero-order valence-electron chi connectivity index (χ0n) is 17.5. The van der Waals surface area contributed by atoms with Gasteiger partial charge in [0.1, 0.15) is 5.69 Å². The van der Waals surface area contributed by atoms with E-state index in [1.54, 1.807) is 0 Å². The van der Waals surface area contributed by atoms with Crippen molar-refractivity contribution in [3.8, 4) is 0 Å². The molecule has 2 unspecified atom stereocenters. The van der Waals surface area contributed by atoms with Crippen molar-refractivity contribution >= 4 is 21.4 Å². The maximum atomic E-state index is 12.8. The zero-order chi connectivity index (χ0) is 21.7. The molecule has 10 nitrogen and oxygen atoms in total. The van der Waals surface area contributed by atoms with Gasteiger partial charge in [-0.15, -0.1) is 0 Å². The largest absolute Gasteiger partial charge is 0.379 e. The van der Waals surface area contributed by atoms with Crippen molar-refractivity contribution in [1.82, 2.24) is 9.21 Å². The van der Waals surface area contributed by atoms with E-state index in [0.717, 1.165) is 32.1 Å². The van der Waals surface area contributed by atoms with Crippen molar-refractivity contribution in [3.63, 3.8) is 0 Å². The lowest BCUT2D eigenvalue weighted by Gasteiger charge is -2.35. The van der Waals surface area contributed by atoms with E-state index in [2.05, 4.69) is 24.1 Å². The highest BCUT2D eigenvalue weighted by Crippen LogP contribution is 2.29. The van der Waals surface area contributed by atoms with Gasteiger partial charge in [0.15, 0.2) is 0 Å². The van der Waals surface area contributed by atoms with Crippen LogP contribution in [0.2, 0.25) is 0 Å². The highest BCUT2D eigenvalue weighted by Gasteiger charge is 2.29. The predicted octanol–water partition coefficient (Wildman–Crippen LogP) is 1.53. The number of hydrogen-bond acceptors (Lipinski definition) is 8. The number of nitrogens with one attached hydrogen (secondary N) is 1. The number of benzene rings is 1. The highest BCUT2D eigenvalue weighted by molar-refractivity contribution is 7.89. The lowest BCUT2D eigenvalue weighted by Crippen LogP contribution is -2.45. The van der Waals surface area contributed by atoms with Crippen LogP contribution in [0.3, 0.4) is 0 Å². The summed E-state index contributed by atoms with van der Waals surface area (Å²) in [5, 5.41) is 14.6. The number of nitro benzene ring substituents is 1. The van der Waals surface area contributed by atoms with Crippen molar-refractivity contribution < 1.29 is 22.8 Å². The Labute approximate surface area is 177 Å². The van der Waals surface area contributed by atoms with E-state index in [9.17, 15) is 18.5 Å². The van der Waals surface area contributed by atoms with Crippen LogP contribution in [0.4, 0.5) is 11.4 Å². The molecule has 0 amide bonds. The van der Waals surface area contributed by atoms with E-state index < -0.39 is 14.9 Å². The average Bonchev–Trinajstić information content (AvgIpc) is 2.71. The van der Waals surface area contributed by atoms with Gasteiger partial charge < -0.3 is 14.8 Å². The van der Waals surface area contributed by atoms with Gasteiger partial charge in [-0.05, 0) is 32.4 Å². The standard InChI is InChI=1S/C19H30N4O6S/c1-15-13-21(14-16(2)29-15)7-3-6-20-18-5-4-17(12-19(18)23(24)25)30(26,27)22-8-10-28-11-9-22/h4-5,12,15-16,20H,3,6-11,13-14H2,1-2H3. The van der Waals surface area contributed by atoms with E-state index >= 15 is 0 Å². The van der Waals surface area contributed by atoms with Crippen LogP contribution in [-0.4, -0.2) is 87.2 Å². The first kappa shape index (κ1) is 22.9. The Kier molecular flexibility index (Phi) is 7.64. The fraction of sp³-hybridized carbons (Fsp3) is 0.684. The summed E-state index contributed by atoms with van der Waals surface area (Å²) in [6.45, 7) is 8.40. The third kappa shape index (κ3) is 5.67. The van der Waals surface area contributed by atoms with E-state index in [1.807, 2.05) is 0 Å². The van der Waals surface area contributed by atoms with Crippen molar-refractivity contribution in [1.29, 1.82) is 0 Å². The van der Waals surface area contributed by atoms with Crippen LogP contribution in [-0.2, 0) is 19.5 Å². The van der Waals surface area contributed by atoms with Crippen molar-refractivity contribution in [2.45, 2.75) is 37.4 Å². The summed E-state index contributed by atoms with van der Waals surface area (Å²) in [7, 11) is -3.78. The molecular weight excluding hydrogens is 412 g/mol. The summed E-state index contributed by atoms with van der Waals surface area (Å²) in [5.41, 5.74) is 0.0857. The zero-order valence-corrected chi connectivity index (χ0v) is 18.3. The van der Waals surface area contributed by atoms with Gasteiger partial charge in [0.2, 0.25) is 10.0 Å². The number of morpholine rings is 2. The van der Waals surface area contributed by atoms with Crippen LogP contribution >= 0.6 is 0 Å². The molecule has 0 bridgehead atoms. The van der Waals surface area contributed by atoms with Crippen LogP contribution < -0.4 is 5.32 Å². The molecule has 2 atom stereocenters. The molecule has 0 saturated carbocycles. The number of ether oxygens (including phenoxy) is 2. The Morgan fingerprint density at radius 3 is 2.50 bits per heavy atom. The Bertz CT molecular complexity index is 833. The number of hydrogen-bond donors (Lipinski definition) is 1. The fourth-order valence-corrected chi connectivity index (χ4v) is 5.33. The number of anilines is 1. The van der Waals surface area contributed by atoms with Crippen LogP contribution in [0.25, 0.3) is 0 Å². The Morgan fingerprint density at radius 1 is 1.20 bits per heavy atom. The van der Waals surface area contributed by atoms with Crippen LogP contribution in [0, 0.1) is 10.1 Å². The van der Waals surface area contributed by atoms with Gasteiger partial charge in [-0.3, -0.25) is 15.0 Å². The summed E-state index contributed by atoms with van der Waals surface area (Å²) in [5.74, 6) is 0. The number of rotatable bonds is 8. The Balaban J connectivity index is 1.62. The average molecular weight is 443 g/mol. The molecule has 2 saturated heterocycles. The minimum absolute atomic E-state index is 0.0714. The molecule has 2 aliphatic heterocycles. The first-order chi connectivity index (χ1) is 14.3. The molecule has 0 radical (unpaired) electrons. The molecule has 3 rings (SSSR count). The van der Waals surface area contributed by atoms with Gasteiger partial charge in [-0.25, -0.2) is 8.42 Å². The molecule has 30 heavy (non-hydrogen) atoms. The van der Waals surface area contributed by atoms with Crippen molar-refractivity contribution in [2.24, 2.45) is 0 Å². The summed E-state index contributed by atoms with van der Waals surface area (Å²) in [6, 6.07) is 4.04. The normalized spacial score (nSPS) is 23.9. The van der Waals surface area contributed by atoms with Gasteiger partial charge in [0, 0.05) is 45.3 Å². The third-order valence-corrected chi connectivity index (χ3v) is 7.13. The monoisotopic (exact) mass is 442 g/mol. The molecular formula is C19H30N4O6S. The molecule has 0 spiro atoms. The number of sulfonamides is 1. The minimum Gasteiger partial charge on any atom is -0.379 e. The topological polar surface area (TPSA) is 114 Å². The summed E-state index contributed by atoms with van der Waals surface area (Å²) >= 11 is 0. The Morgan fingerprint density at radius 2 is 1.87 bits per heavy atom. The first-order valence-electron chi connectivity index (χ1n) is 10.3. The maximum Gasteiger partial charge on any atom is 0.293 e. The molecule has 168 valence electrons. The minimum atomic E-state index is -3.78. The highest BCUT2D eigenvalue weighted by atomic mass is 32.2. The van der Waals surface area contributed by atoms with Gasteiger partial charge in [-0.2, -0.15) is 4.31 Å². The van der Waals surface area contributed by atoms with E-state index in [-0.39, 0.29) is 35.9 Å². The first-order valence-corrected chi connectivity index (χ1v) is 11.7. The van der Waals surface area contributed by atoms with E-state index in [1.165, 1.54) is 16.4 Å². The second kappa shape index (κ2) is 10.0. The fourth-order valence-electron chi connectivity index (χ4n) is 3.90. The number of nitro groups is 1. The summed E-state index contributed by atoms with van der Waals surface area (Å²) in [6.07, 6.45) is 1.21. The molecule has 1 aromatic rings. The van der Waals surface area contributed by atoms with Crippen LogP contribution in [0.1, 0.15) is 20.3 Å². The summed E-state index contributed by atoms with van der Waals surface area (Å²) < 4.78 is 37.8. The molecule has 2 aliphatic rings. The quantitative estimate of drug-likeness (QED) is 0.366. The van der Waals surface area contributed by atoms with E-state index in [4.69, 9.17) is 9.47 Å². The number of nitrogens with zero attached hydrogens (tertiary/aromatic N) is 3. The molecule has 1 N–H and O–H groups in total. The third-order valence-electron chi connectivity index (χ3n) is 5.24. The molecule has 2 heterocycles. The molecule has 1 aromatic carbocycles. The van der Waals surface area contributed by atoms with Crippen molar-refractivity contribution in [3.05, 3.63) is 28.3 Å². The maximum absolute atomic E-state index is 12.8. The summed E-state index contributed by atoms with van der Waals surface area (Å²) in [4.78, 5) is 13.2. The second-order valence-electron chi connectivity index (χ2n) is 7.75. The lowest BCUT2D eigenvalue weighted by molar-refractivity contribution is -0.384. The smallest absolute Gasteiger partial charge is 0.293 e. The van der Waals surface area contributed by atoms with Gasteiger partial charge in [0.05, 0.1) is 35.2 Å². The van der Waals surface area contributed by atoms with Crippen LogP contribution in [0.15, 0.2) is 23.1 Å².